The van der Waals surface area contributed by atoms with E-state index in [4.69, 9.17) is 4.42 Å². The summed E-state index contributed by atoms with van der Waals surface area (Å²) in [6.45, 7) is 0. The number of fused-ring (bicyclic) bond motifs is 1. The summed E-state index contributed by atoms with van der Waals surface area (Å²) in [4.78, 5) is 9.16. The van der Waals surface area contributed by atoms with Crippen LogP contribution >= 0.6 is 0 Å². The molecule has 8 nitrogen and oxygen atoms in total. The summed E-state index contributed by atoms with van der Waals surface area (Å²) in [5.74, 6) is 0.966. The van der Waals surface area contributed by atoms with Crippen molar-refractivity contribution in [3.05, 3.63) is 49.1 Å². The zero-order chi connectivity index (χ0) is 17.4. The average molecular weight is 355 g/mol. The predicted octanol–water partition coefficient (Wildman–Crippen LogP) is 2.76. The number of H-pyrrole nitrogens is 1. The number of benzene rings is 1. The molecule has 0 saturated heterocycles. The molecule has 3 aromatic heterocycles. The highest BCUT2D eigenvalue weighted by Gasteiger charge is 2.13. The third-order valence-electron chi connectivity index (χ3n) is 3.60. The summed E-state index contributed by atoms with van der Waals surface area (Å²) >= 11 is 0. The predicted molar refractivity (Wildman–Crippen MR) is 92.2 cm³/mol. The quantitative estimate of drug-likeness (QED) is 0.578. The molecule has 9 heteroatoms. The summed E-state index contributed by atoms with van der Waals surface area (Å²) in [7, 11) is -3.30. The maximum absolute atomic E-state index is 11.7. The maximum atomic E-state index is 11.7. The van der Waals surface area contributed by atoms with E-state index in [-0.39, 0.29) is 4.90 Å². The number of anilines is 2. The Bertz CT molecular complexity index is 1150. The first-order chi connectivity index (χ1) is 12.0. The second-order valence-corrected chi connectivity index (χ2v) is 7.48. The van der Waals surface area contributed by atoms with Crippen LogP contribution in [0.15, 0.2) is 58.4 Å². The highest BCUT2D eigenvalue weighted by Crippen LogP contribution is 2.26. The molecule has 25 heavy (non-hydrogen) atoms. The average Bonchev–Trinajstić information content (AvgIpc) is 3.26. The zero-order valence-electron chi connectivity index (χ0n) is 13.1. The summed E-state index contributed by atoms with van der Waals surface area (Å²) < 4.78 is 28.6. The molecule has 0 bridgehead atoms. The molecule has 0 amide bonds. The molecule has 4 aromatic rings. The minimum Gasteiger partial charge on any atom is -0.472 e. The van der Waals surface area contributed by atoms with Gasteiger partial charge in [-0.2, -0.15) is 5.10 Å². The van der Waals surface area contributed by atoms with Crippen LogP contribution in [0.3, 0.4) is 0 Å². The van der Waals surface area contributed by atoms with Gasteiger partial charge in [0.1, 0.15) is 17.3 Å². The zero-order valence-corrected chi connectivity index (χ0v) is 13.9. The minimum atomic E-state index is -3.30. The van der Waals surface area contributed by atoms with Crippen molar-refractivity contribution in [3.63, 3.8) is 0 Å². The number of aromatic nitrogens is 4. The Kier molecular flexibility index (Phi) is 3.50. The lowest BCUT2D eigenvalue weighted by Crippen LogP contribution is -2.01. The SMILES string of the molecule is CS(=O)(=O)c1cccc(Nc2nc(-c3ccoc3)nc3cn[nH]c23)c1. The van der Waals surface area contributed by atoms with Gasteiger partial charge in [-0.25, -0.2) is 18.4 Å². The fourth-order valence-electron chi connectivity index (χ4n) is 2.39. The van der Waals surface area contributed by atoms with Crippen molar-refractivity contribution in [2.45, 2.75) is 4.90 Å². The smallest absolute Gasteiger partial charge is 0.175 e. The van der Waals surface area contributed by atoms with E-state index in [0.717, 1.165) is 5.56 Å². The Labute approximate surface area is 142 Å². The summed E-state index contributed by atoms with van der Waals surface area (Å²) in [5.41, 5.74) is 2.58. The first kappa shape index (κ1) is 15.3. The van der Waals surface area contributed by atoms with Crippen molar-refractivity contribution in [1.29, 1.82) is 0 Å². The van der Waals surface area contributed by atoms with Crippen molar-refractivity contribution in [1.82, 2.24) is 20.2 Å². The molecule has 0 fully saturated rings. The lowest BCUT2D eigenvalue weighted by Gasteiger charge is -2.09. The number of hydrogen-bond acceptors (Lipinski definition) is 7. The summed E-state index contributed by atoms with van der Waals surface area (Å²) in [5, 5.41) is 9.97. The molecular weight excluding hydrogens is 342 g/mol. The first-order valence-electron chi connectivity index (χ1n) is 7.31. The van der Waals surface area contributed by atoms with Crippen molar-refractivity contribution >= 4 is 32.4 Å². The third-order valence-corrected chi connectivity index (χ3v) is 4.71. The van der Waals surface area contributed by atoms with Gasteiger partial charge in [0.15, 0.2) is 21.5 Å². The monoisotopic (exact) mass is 355 g/mol. The van der Waals surface area contributed by atoms with E-state index >= 15 is 0 Å². The molecule has 2 N–H and O–H groups in total. The molecule has 1 aromatic carbocycles. The van der Waals surface area contributed by atoms with E-state index < -0.39 is 9.84 Å². The van der Waals surface area contributed by atoms with Crippen LogP contribution in [-0.2, 0) is 9.84 Å². The van der Waals surface area contributed by atoms with Gasteiger partial charge < -0.3 is 9.73 Å². The van der Waals surface area contributed by atoms with Gasteiger partial charge >= 0.3 is 0 Å². The molecule has 0 spiro atoms. The van der Waals surface area contributed by atoms with Gasteiger partial charge in [0.2, 0.25) is 0 Å². The second kappa shape index (κ2) is 5.71. The second-order valence-electron chi connectivity index (χ2n) is 5.46. The molecule has 0 aliphatic heterocycles. The van der Waals surface area contributed by atoms with Crippen LogP contribution in [0.1, 0.15) is 0 Å². The van der Waals surface area contributed by atoms with Crippen molar-refractivity contribution < 1.29 is 12.8 Å². The van der Waals surface area contributed by atoms with Crippen LogP contribution < -0.4 is 5.32 Å². The van der Waals surface area contributed by atoms with Gasteiger partial charge in [0.25, 0.3) is 0 Å². The van der Waals surface area contributed by atoms with Crippen molar-refractivity contribution in [2.75, 3.05) is 11.6 Å². The molecule has 126 valence electrons. The van der Waals surface area contributed by atoms with Crippen molar-refractivity contribution in [2.24, 2.45) is 0 Å². The Morgan fingerprint density at radius 2 is 2.08 bits per heavy atom. The molecule has 4 rings (SSSR count). The molecule has 0 atom stereocenters. The molecule has 0 saturated carbocycles. The van der Waals surface area contributed by atoms with E-state index in [1.165, 1.54) is 6.26 Å². The Morgan fingerprint density at radius 3 is 2.84 bits per heavy atom. The molecule has 0 aliphatic rings. The maximum Gasteiger partial charge on any atom is 0.175 e. The van der Waals surface area contributed by atoms with Crippen LogP contribution in [-0.4, -0.2) is 34.8 Å². The van der Waals surface area contributed by atoms with Crippen LogP contribution in [0.25, 0.3) is 22.4 Å². The number of rotatable bonds is 4. The van der Waals surface area contributed by atoms with Gasteiger partial charge in [-0.05, 0) is 24.3 Å². The molecular formula is C16H13N5O3S. The van der Waals surface area contributed by atoms with Crippen LogP contribution in [0.2, 0.25) is 0 Å². The number of nitrogens with one attached hydrogen (secondary N) is 2. The first-order valence-corrected chi connectivity index (χ1v) is 9.21. The fraction of sp³-hybridized carbons (Fsp3) is 0.0625. The van der Waals surface area contributed by atoms with Gasteiger partial charge in [-0.3, -0.25) is 5.10 Å². The topological polar surface area (TPSA) is 114 Å². The molecule has 3 heterocycles. The molecule has 0 unspecified atom stereocenters. The van der Waals surface area contributed by atoms with E-state index in [1.807, 2.05) is 0 Å². The number of aromatic amines is 1. The number of hydrogen-bond donors (Lipinski definition) is 2. The van der Waals surface area contributed by atoms with Gasteiger partial charge in [-0.15, -0.1) is 0 Å². The largest absolute Gasteiger partial charge is 0.472 e. The Hall–Kier alpha value is -3.20. The number of nitrogens with zero attached hydrogens (tertiary/aromatic N) is 3. The highest BCUT2D eigenvalue weighted by atomic mass is 32.2. The van der Waals surface area contributed by atoms with Crippen LogP contribution in [0.5, 0.6) is 0 Å². The van der Waals surface area contributed by atoms with Gasteiger partial charge in [0, 0.05) is 11.9 Å². The van der Waals surface area contributed by atoms with Gasteiger partial charge in [0.05, 0.1) is 22.9 Å². The van der Waals surface area contributed by atoms with E-state index in [9.17, 15) is 8.42 Å². The van der Waals surface area contributed by atoms with Crippen LogP contribution in [0, 0.1) is 0 Å². The molecule has 0 radical (unpaired) electrons. The van der Waals surface area contributed by atoms with E-state index in [0.29, 0.717) is 28.4 Å². The normalized spacial score (nSPS) is 11.7. The number of sulfone groups is 1. The third kappa shape index (κ3) is 2.96. The minimum absolute atomic E-state index is 0.225. The van der Waals surface area contributed by atoms with E-state index in [1.54, 1.807) is 49.1 Å². The molecule has 0 aliphatic carbocycles. The lowest BCUT2D eigenvalue weighted by molar-refractivity contribution is 0.568. The fourth-order valence-corrected chi connectivity index (χ4v) is 3.06. The number of furan rings is 1. The van der Waals surface area contributed by atoms with Gasteiger partial charge in [-0.1, -0.05) is 6.07 Å². The van der Waals surface area contributed by atoms with Crippen molar-refractivity contribution in [3.8, 4) is 11.4 Å². The Balaban J connectivity index is 1.80. The van der Waals surface area contributed by atoms with E-state index in [2.05, 4.69) is 25.5 Å². The van der Waals surface area contributed by atoms with Crippen LogP contribution in [0.4, 0.5) is 11.5 Å². The highest BCUT2D eigenvalue weighted by molar-refractivity contribution is 7.90. The lowest BCUT2D eigenvalue weighted by atomic mass is 10.3. The summed E-state index contributed by atoms with van der Waals surface area (Å²) in [6.07, 6.45) is 5.86. The Morgan fingerprint density at radius 1 is 1.20 bits per heavy atom. The standard InChI is InChI=1S/C16H13N5O3S/c1-25(22,23)12-4-2-3-11(7-12)18-16-14-13(8-17-21-14)19-15(20-16)10-5-6-24-9-10/h2-9H,1H3,(H,17,21)(H,18,19,20). The summed E-state index contributed by atoms with van der Waals surface area (Å²) in [6, 6.07) is 8.28.